The molecule has 1 aromatic heterocycles. The van der Waals surface area contributed by atoms with E-state index in [1.807, 2.05) is 52.1 Å². The number of nitrogens with zero attached hydrogens (tertiary/aromatic N) is 1. The minimum atomic E-state index is -0.534. The normalized spacial score (nSPS) is 13.7. The third-order valence-electron chi connectivity index (χ3n) is 4.68. The number of carbonyl (C=O) groups is 1. The number of hydrogen-bond donors (Lipinski definition) is 1. The highest BCUT2D eigenvalue weighted by atomic mass is 16.6. The molecule has 30 heavy (non-hydrogen) atoms. The molecule has 1 atom stereocenters. The molecule has 3 rings (SSSR count). The Morgan fingerprint density at radius 1 is 1.23 bits per heavy atom. The molecule has 0 spiro atoms. The van der Waals surface area contributed by atoms with Crippen molar-refractivity contribution in [3.8, 4) is 22.6 Å². The molecule has 6 nitrogen and oxygen atoms in total. The standard InChI is InChI=1S/C24H32N2O4/c1-15(2)9-18(26-23(27)30-24(4,5)6)14-28-19-7-8-20-21-10-16(3)25-12-17(21)13-29-22(20)11-19/h7-8,10-12,15,18H,9,13-14H2,1-6H3,(H,26,27)/t18-/m0/s1. The first-order valence-electron chi connectivity index (χ1n) is 10.5. The number of nitrogens with one attached hydrogen (secondary N) is 1. The Morgan fingerprint density at radius 3 is 2.70 bits per heavy atom. The second kappa shape index (κ2) is 8.94. The number of benzene rings is 1. The van der Waals surface area contributed by atoms with Gasteiger partial charge in [-0.25, -0.2) is 4.79 Å². The molecule has 1 aliphatic rings. The van der Waals surface area contributed by atoms with Gasteiger partial charge in [-0.05, 0) is 63.8 Å². The maximum absolute atomic E-state index is 12.2. The fourth-order valence-corrected chi connectivity index (χ4v) is 3.45. The number of hydrogen-bond acceptors (Lipinski definition) is 5. The number of aromatic nitrogens is 1. The minimum Gasteiger partial charge on any atom is -0.491 e. The predicted octanol–water partition coefficient (Wildman–Crippen LogP) is 5.27. The van der Waals surface area contributed by atoms with Crippen LogP contribution in [0.2, 0.25) is 0 Å². The van der Waals surface area contributed by atoms with Crippen LogP contribution in [0.5, 0.6) is 11.5 Å². The highest BCUT2D eigenvalue weighted by Gasteiger charge is 2.22. The first-order chi connectivity index (χ1) is 14.1. The number of amides is 1. The van der Waals surface area contributed by atoms with E-state index in [0.717, 1.165) is 34.6 Å². The molecule has 2 heterocycles. The van der Waals surface area contributed by atoms with Crippen LogP contribution in [0, 0.1) is 12.8 Å². The van der Waals surface area contributed by atoms with E-state index in [-0.39, 0.29) is 6.04 Å². The molecule has 1 amide bonds. The largest absolute Gasteiger partial charge is 0.491 e. The molecule has 162 valence electrons. The van der Waals surface area contributed by atoms with E-state index in [2.05, 4.69) is 30.2 Å². The van der Waals surface area contributed by atoms with E-state index in [1.54, 1.807) is 0 Å². The van der Waals surface area contributed by atoms with Gasteiger partial charge in [0.25, 0.3) is 0 Å². The summed E-state index contributed by atoms with van der Waals surface area (Å²) >= 11 is 0. The fourth-order valence-electron chi connectivity index (χ4n) is 3.45. The van der Waals surface area contributed by atoms with Gasteiger partial charge in [-0.15, -0.1) is 0 Å². The summed E-state index contributed by atoms with van der Waals surface area (Å²) in [5.74, 6) is 1.92. The number of pyridine rings is 1. The van der Waals surface area contributed by atoms with Gasteiger partial charge in [0.15, 0.2) is 0 Å². The molecule has 1 aromatic carbocycles. The minimum absolute atomic E-state index is 0.147. The molecule has 0 saturated heterocycles. The Labute approximate surface area is 178 Å². The van der Waals surface area contributed by atoms with Gasteiger partial charge in [-0.1, -0.05) is 13.8 Å². The lowest BCUT2D eigenvalue weighted by Gasteiger charge is -2.25. The van der Waals surface area contributed by atoms with Gasteiger partial charge in [0.05, 0.1) is 6.04 Å². The summed E-state index contributed by atoms with van der Waals surface area (Å²) in [6.07, 6.45) is 2.24. The van der Waals surface area contributed by atoms with E-state index >= 15 is 0 Å². The zero-order chi connectivity index (χ0) is 21.9. The van der Waals surface area contributed by atoms with Gasteiger partial charge in [-0.3, -0.25) is 4.98 Å². The third-order valence-corrected chi connectivity index (χ3v) is 4.68. The van der Waals surface area contributed by atoms with E-state index < -0.39 is 11.7 Å². The molecule has 0 bridgehead atoms. The fraction of sp³-hybridized carbons (Fsp3) is 0.500. The van der Waals surface area contributed by atoms with Crippen LogP contribution in [-0.4, -0.2) is 29.3 Å². The summed E-state index contributed by atoms with van der Waals surface area (Å²) in [4.78, 5) is 16.5. The van der Waals surface area contributed by atoms with Crippen LogP contribution < -0.4 is 14.8 Å². The summed E-state index contributed by atoms with van der Waals surface area (Å²) in [5.41, 5.74) is 3.72. The van der Waals surface area contributed by atoms with Crippen molar-refractivity contribution >= 4 is 6.09 Å². The van der Waals surface area contributed by atoms with Crippen molar-refractivity contribution in [3.05, 3.63) is 41.7 Å². The molecule has 1 aliphatic heterocycles. The lowest BCUT2D eigenvalue weighted by atomic mass is 9.98. The lowest BCUT2D eigenvalue weighted by Crippen LogP contribution is -2.42. The molecular weight excluding hydrogens is 380 g/mol. The Morgan fingerprint density at radius 2 is 2.00 bits per heavy atom. The third kappa shape index (κ3) is 5.88. The van der Waals surface area contributed by atoms with Crippen molar-refractivity contribution in [1.29, 1.82) is 0 Å². The van der Waals surface area contributed by atoms with E-state index in [0.29, 0.717) is 24.9 Å². The van der Waals surface area contributed by atoms with Crippen molar-refractivity contribution in [2.24, 2.45) is 5.92 Å². The molecule has 1 N–H and O–H groups in total. The van der Waals surface area contributed by atoms with Crippen LogP contribution in [0.4, 0.5) is 4.79 Å². The summed E-state index contributed by atoms with van der Waals surface area (Å²) < 4.78 is 17.3. The van der Waals surface area contributed by atoms with Gasteiger partial charge in [0.2, 0.25) is 0 Å². The number of ether oxygens (including phenoxy) is 3. The molecule has 0 radical (unpaired) electrons. The Kier molecular flexibility index (Phi) is 6.54. The Bertz CT molecular complexity index is 903. The molecule has 2 aromatic rings. The number of alkyl carbamates (subject to hydrolysis) is 1. The SMILES string of the molecule is Cc1cc2c(cn1)COc1cc(OC[C@H](CC(C)C)NC(=O)OC(C)(C)C)ccc1-2. The second-order valence-electron chi connectivity index (χ2n) is 9.21. The van der Waals surface area contributed by atoms with Crippen LogP contribution in [0.25, 0.3) is 11.1 Å². The average Bonchev–Trinajstić information content (AvgIpc) is 2.63. The summed E-state index contributed by atoms with van der Waals surface area (Å²) in [6.45, 7) is 12.6. The molecular formula is C24H32N2O4. The maximum Gasteiger partial charge on any atom is 0.407 e. The van der Waals surface area contributed by atoms with E-state index in [4.69, 9.17) is 14.2 Å². The van der Waals surface area contributed by atoms with Crippen LogP contribution in [0.15, 0.2) is 30.5 Å². The van der Waals surface area contributed by atoms with Crippen LogP contribution in [0.1, 0.15) is 52.3 Å². The number of carbonyl (C=O) groups excluding carboxylic acids is 1. The van der Waals surface area contributed by atoms with Gasteiger partial charge in [0.1, 0.15) is 30.3 Å². The monoisotopic (exact) mass is 412 g/mol. The zero-order valence-electron chi connectivity index (χ0n) is 18.7. The molecule has 6 heteroatoms. The van der Waals surface area contributed by atoms with Crippen molar-refractivity contribution in [2.75, 3.05) is 6.61 Å². The lowest BCUT2D eigenvalue weighted by molar-refractivity contribution is 0.0480. The quantitative estimate of drug-likeness (QED) is 0.700. The maximum atomic E-state index is 12.2. The van der Waals surface area contributed by atoms with Crippen molar-refractivity contribution in [3.63, 3.8) is 0 Å². The van der Waals surface area contributed by atoms with Crippen LogP contribution in [0.3, 0.4) is 0 Å². The highest BCUT2D eigenvalue weighted by molar-refractivity contribution is 5.75. The van der Waals surface area contributed by atoms with Gasteiger partial charge >= 0.3 is 6.09 Å². The number of aryl methyl sites for hydroxylation is 1. The second-order valence-corrected chi connectivity index (χ2v) is 9.21. The smallest absolute Gasteiger partial charge is 0.407 e. The van der Waals surface area contributed by atoms with Crippen molar-refractivity contribution in [1.82, 2.24) is 10.3 Å². The van der Waals surface area contributed by atoms with E-state index in [1.165, 1.54) is 0 Å². The topological polar surface area (TPSA) is 69.7 Å². The average molecular weight is 413 g/mol. The van der Waals surface area contributed by atoms with Crippen LogP contribution >= 0.6 is 0 Å². The number of fused-ring (bicyclic) bond motifs is 3. The molecule has 0 unspecified atom stereocenters. The van der Waals surface area contributed by atoms with Gasteiger partial charge in [-0.2, -0.15) is 0 Å². The summed E-state index contributed by atoms with van der Waals surface area (Å²) in [6, 6.07) is 7.80. The van der Waals surface area contributed by atoms with Crippen LogP contribution in [-0.2, 0) is 11.3 Å². The van der Waals surface area contributed by atoms with E-state index in [9.17, 15) is 4.79 Å². The zero-order valence-corrected chi connectivity index (χ0v) is 18.7. The first kappa shape index (κ1) is 21.9. The Balaban J connectivity index is 1.68. The van der Waals surface area contributed by atoms with Crippen molar-refractivity contribution < 1.29 is 19.0 Å². The molecule has 0 fully saturated rings. The highest BCUT2D eigenvalue weighted by Crippen LogP contribution is 2.39. The molecule has 0 saturated carbocycles. The first-order valence-corrected chi connectivity index (χ1v) is 10.5. The van der Waals surface area contributed by atoms with Gasteiger partial charge in [0, 0.05) is 29.1 Å². The summed E-state index contributed by atoms with van der Waals surface area (Å²) in [7, 11) is 0. The molecule has 0 aliphatic carbocycles. The summed E-state index contributed by atoms with van der Waals surface area (Å²) in [5, 5.41) is 2.93. The van der Waals surface area contributed by atoms with Gasteiger partial charge < -0.3 is 19.5 Å². The number of rotatable bonds is 6. The van der Waals surface area contributed by atoms with Crippen molar-refractivity contribution in [2.45, 2.75) is 66.2 Å². The Hall–Kier alpha value is -2.76. The predicted molar refractivity (Wildman–Crippen MR) is 117 cm³/mol.